The average Bonchev–Trinajstić information content (AvgIpc) is 3.33. The molecule has 8 nitrogen and oxygen atoms in total. The zero-order valence-corrected chi connectivity index (χ0v) is 20.3. The van der Waals surface area contributed by atoms with Crippen LogP contribution in [0, 0.1) is 11.8 Å². The predicted octanol–water partition coefficient (Wildman–Crippen LogP) is 3.63. The number of nitrogens with zero attached hydrogens (tertiary/aromatic N) is 3. The highest BCUT2D eigenvalue weighted by Crippen LogP contribution is 2.40. The lowest BCUT2D eigenvalue weighted by Crippen LogP contribution is -2.39. The minimum atomic E-state index is -4.03. The van der Waals surface area contributed by atoms with Crippen LogP contribution >= 0.6 is 0 Å². The fourth-order valence-electron chi connectivity index (χ4n) is 5.47. The van der Waals surface area contributed by atoms with Crippen LogP contribution in [-0.2, 0) is 16.4 Å². The minimum absolute atomic E-state index is 0.133. The van der Waals surface area contributed by atoms with Crippen LogP contribution in [0.2, 0.25) is 0 Å². The lowest BCUT2D eigenvalue weighted by Gasteiger charge is -2.29. The molecule has 1 aromatic heterocycles. The van der Waals surface area contributed by atoms with Crippen molar-refractivity contribution in [1.82, 2.24) is 25.9 Å². The molecule has 34 heavy (non-hydrogen) atoms. The Morgan fingerprint density at radius 1 is 1.00 bits per heavy atom. The molecule has 1 saturated heterocycles. The van der Waals surface area contributed by atoms with Gasteiger partial charge in [0.15, 0.2) is 5.82 Å². The van der Waals surface area contributed by atoms with Gasteiger partial charge in [0, 0.05) is 24.6 Å². The topological polar surface area (TPSA) is 127 Å². The van der Waals surface area contributed by atoms with E-state index in [4.69, 9.17) is 5.14 Å². The van der Waals surface area contributed by atoms with Crippen molar-refractivity contribution in [1.29, 1.82) is 0 Å². The second kappa shape index (κ2) is 9.56. The van der Waals surface area contributed by atoms with Gasteiger partial charge in [-0.1, -0.05) is 62.6 Å². The Labute approximate surface area is 200 Å². The summed E-state index contributed by atoms with van der Waals surface area (Å²) in [5, 5.41) is 23.4. The van der Waals surface area contributed by atoms with Gasteiger partial charge in [-0.05, 0) is 63.8 Å². The minimum Gasteiger partial charge on any atom is -0.315 e. The molecular weight excluding hydrogens is 448 g/mol. The third-order valence-electron chi connectivity index (χ3n) is 7.63. The largest absolute Gasteiger partial charge is 0.315 e. The highest BCUT2D eigenvalue weighted by atomic mass is 32.2. The third-order valence-corrected chi connectivity index (χ3v) is 8.67. The SMILES string of the molecule is CC[C@H]1CC[C@@H](Cc2ccc(-c3ccc(C4CNC4)cc3)c(-c3nnn[nH]3)c2S(N)(=O)=O)CC1. The fraction of sp³-hybridized carbons (Fsp3) is 0.480. The van der Waals surface area contributed by atoms with Gasteiger partial charge in [0.25, 0.3) is 0 Å². The van der Waals surface area contributed by atoms with Crippen molar-refractivity contribution < 1.29 is 8.42 Å². The quantitative estimate of drug-likeness (QED) is 0.474. The molecule has 1 aliphatic heterocycles. The number of nitrogens with one attached hydrogen (secondary N) is 2. The Balaban J connectivity index is 1.57. The van der Waals surface area contributed by atoms with Crippen molar-refractivity contribution in [3.8, 4) is 22.5 Å². The molecule has 1 aliphatic carbocycles. The van der Waals surface area contributed by atoms with E-state index in [1.165, 1.54) is 24.8 Å². The van der Waals surface area contributed by atoms with Crippen LogP contribution in [0.15, 0.2) is 41.3 Å². The first kappa shape index (κ1) is 23.1. The van der Waals surface area contributed by atoms with Gasteiger partial charge in [0.2, 0.25) is 10.0 Å². The summed E-state index contributed by atoms with van der Waals surface area (Å²) in [6, 6.07) is 12.2. The Morgan fingerprint density at radius 3 is 2.26 bits per heavy atom. The van der Waals surface area contributed by atoms with Crippen LogP contribution in [0.25, 0.3) is 22.5 Å². The van der Waals surface area contributed by atoms with Gasteiger partial charge in [-0.15, -0.1) is 5.10 Å². The normalized spacial score (nSPS) is 21.4. The van der Waals surface area contributed by atoms with E-state index < -0.39 is 10.0 Å². The number of aromatic amines is 1. The van der Waals surface area contributed by atoms with Crippen LogP contribution in [0.5, 0.6) is 0 Å². The Kier molecular flexibility index (Phi) is 6.50. The summed E-state index contributed by atoms with van der Waals surface area (Å²) in [5.41, 5.74) is 4.12. The van der Waals surface area contributed by atoms with E-state index in [0.29, 0.717) is 29.6 Å². The Hall–Kier alpha value is -2.62. The molecular formula is C25H32N6O2S. The van der Waals surface area contributed by atoms with E-state index in [0.717, 1.165) is 48.5 Å². The highest BCUT2D eigenvalue weighted by Gasteiger charge is 2.29. The number of hydrogen-bond acceptors (Lipinski definition) is 6. The summed E-state index contributed by atoms with van der Waals surface area (Å²) in [4.78, 5) is 0.133. The first-order chi connectivity index (χ1) is 16.4. The molecule has 2 fully saturated rings. The summed E-state index contributed by atoms with van der Waals surface area (Å²) in [6.45, 7) is 4.22. The number of aromatic nitrogens is 4. The van der Waals surface area contributed by atoms with E-state index in [1.54, 1.807) is 0 Å². The molecule has 9 heteroatoms. The van der Waals surface area contributed by atoms with Crippen LogP contribution < -0.4 is 10.5 Å². The maximum atomic E-state index is 13.0. The maximum absolute atomic E-state index is 13.0. The second-order valence-corrected chi connectivity index (χ2v) is 11.2. The number of benzene rings is 2. The van der Waals surface area contributed by atoms with Gasteiger partial charge < -0.3 is 5.32 Å². The monoisotopic (exact) mass is 480 g/mol. The molecule has 4 N–H and O–H groups in total. The van der Waals surface area contributed by atoms with Crippen molar-refractivity contribution in [2.45, 2.75) is 56.3 Å². The summed E-state index contributed by atoms with van der Waals surface area (Å²) in [5.74, 6) is 2.07. The van der Waals surface area contributed by atoms with Crippen molar-refractivity contribution >= 4 is 10.0 Å². The van der Waals surface area contributed by atoms with E-state index in [-0.39, 0.29) is 4.90 Å². The second-order valence-electron chi connectivity index (χ2n) is 9.75. The molecule has 1 saturated carbocycles. The highest BCUT2D eigenvalue weighted by molar-refractivity contribution is 7.89. The molecule has 5 rings (SSSR count). The Morgan fingerprint density at radius 2 is 1.71 bits per heavy atom. The zero-order valence-electron chi connectivity index (χ0n) is 19.5. The molecule has 0 amide bonds. The van der Waals surface area contributed by atoms with Gasteiger partial charge in [-0.3, -0.25) is 0 Å². The number of hydrogen-bond donors (Lipinski definition) is 3. The molecule has 2 aliphatic rings. The van der Waals surface area contributed by atoms with Gasteiger partial charge in [-0.25, -0.2) is 18.7 Å². The van der Waals surface area contributed by atoms with E-state index in [9.17, 15) is 8.42 Å². The van der Waals surface area contributed by atoms with Crippen LogP contribution in [-0.4, -0.2) is 42.1 Å². The summed E-state index contributed by atoms with van der Waals surface area (Å²) < 4.78 is 25.9. The van der Waals surface area contributed by atoms with Crippen molar-refractivity contribution in [2.75, 3.05) is 13.1 Å². The first-order valence-electron chi connectivity index (χ1n) is 12.2. The number of tetrazole rings is 1. The fourth-order valence-corrected chi connectivity index (χ4v) is 6.47. The predicted molar refractivity (Wildman–Crippen MR) is 131 cm³/mol. The summed E-state index contributed by atoms with van der Waals surface area (Å²) in [6.07, 6.45) is 6.52. The van der Waals surface area contributed by atoms with Crippen molar-refractivity contribution in [2.24, 2.45) is 17.0 Å². The van der Waals surface area contributed by atoms with Gasteiger partial charge in [-0.2, -0.15) is 0 Å². The molecule has 0 spiro atoms. The van der Waals surface area contributed by atoms with Gasteiger partial charge >= 0.3 is 0 Å². The Bertz CT molecular complexity index is 1230. The van der Waals surface area contributed by atoms with E-state index in [1.807, 2.05) is 24.3 Å². The van der Waals surface area contributed by atoms with Crippen molar-refractivity contribution in [3.05, 3.63) is 47.5 Å². The van der Waals surface area contributed by atoms with Crippen LogP contribution in [0.3, 0.4) is 0 Å². The van der Waals surface area contributed by atoms with Gasteiger partial charge in [0.05, 0.1) is 4.90 Å². The van der Waals surface area contributed by atoms with Crippen molar-refractivity contribution in [3.63, 3.8) is 0 Å². The molecule has 2 heterocycles. The smallest absolute Gasteiger partial charge is 0.239 e. The number of sulfonamides is 1. The van der Waals surface area contributed by atoms with Gasteiger partial charge in [0.1, 0.15) is 0 Å². The lowest BCUT2D eigenvalue weighted by molar-refractivity contribution is 0.267. The summed E-state index contributed by atoms with van der Waals surface area (Å²) in [7, 11) is -4.03. The maximum Gasteiger partial charge on any atom is 0.239 e. The summed E-state index contributed by atoms with van der Waals surface area (Å²) >= 11 is 0. The number of H-pyrrole nitrogens is 1. The molecule has 0 unspecified atom stereocenters. The molecule has 0 radical (unpaired) electrons. The molecule has 0 atom stereocenters. The first-order valence-corrected chi connectivity index (χ1v) is 13.7. The lowest BCUT2D eigenvalue weighted by atomic mass is 9.78. The standard InChI is InChI=1S/C25H32N6O2S/c1-2-16-3-5-17(6-4-16)13-20-11-12-22(19-9-7-18(8-10-19)21-14-27-15-21)23(24(20)34(26,32)33)25-28-30-31-29-25/h7-12,16-17,21,27H,2-6,13-15H2,1H3,(H2,26,32,33)(H,28,29,30,31)/t16-,17+. The van der Waals surface area contributed by atoms with Crippen LogP contribution in [0.1, 0.15) is 56.1 Å². The molecule has 2 aromatic carbocycles. The third kappa shape index (κ3) is 4.64. The van der Waals surface area contributed by atoms with Crippen LogP contribution in [0.4, 0.5) is 0 Å². The molecule has 3 aromatic rings. The van der Waals surface area contributed by atoms with E-state index in [2.05, 4.69) is 45.0 Å². The average molecular weight is 481 g/mol. The molecule has 180 valence electrons. The number of rotatable bonds is 7. The zero-order chi connectivity index (χ0) is 23.7. The van der Waals surface area contributed by atoms with E-state index >= 15 is 0 Å². The molecule has 0 bridgehead atoms. The number of nitrogens with two attached hydrogens (primary N) is 1. The number of primary sulfonamides is 1.